The number of nitrogens with one attached hydrogen (secondary N) is 1. The van der Waals surface area contributed by atoms with Gasteiger partial charge >= 0.3 is 18.0 Å². The molecule has 9 nitrogen and oxygen atoms in total. The molecule has 2 aliphatic rings. The van der Waals surface area contributed by atoms with Crippen LogP contribution < -0.4 is 5.32 Å². The van der Waals surface area contributed by atoms with Crippen molar-refractivity contribution in [2.45, 2.75) is 84.5 Å². The van der Waals surface area contributed by atoms with Crippen LogP contribution >= 0.6 is 0 Å². The molecule has 0 aromatic carbocycles. The monoisotopic (exact) mass is 439 g/mol. The van der Waals surface area contributed by atoms with Crippen LogP contribution in [0.25, 0.3) is 0 Å². The molecule has 1 radical (unpaired) electrons. The number of carbonyl (C=O) groups excluding carboxylic acids is 2. The molecule has 4 atom stereocenters. The third-order valence-corrected chi connectivity index (χ3v) is 6.17. The fraction of sp³-hybridized carbons (Fsp3) is 0.857. The van der Waals surface area contributed by atoms with Gasteiger partial charge in [0.1, 0.15) is 5.54 Å². The summed E-state index contributed by atoms with van der Waals surface area (Å²) in [6.45, 7) is 9.56. The van der Waals surface area contributed by atoms with Gasteiger partial charge in [0.15, 0.2) is 0 Å². The molecule has 0 aromatic rings. The topological polar surface area (TPSA) is 125 Å². The van der Waals surface area contributed by atoms with Crippen molar-refractivity contribution < 1.29 is 34.0 Å². The Morgan fingerprint density at radius 2 is 1.90 bits per heavy atom. The van der Waals surface area contributed by atoms with Crippen LogP contribution in [0.15, 0.2) is 0 Å². The second-order valence-corrected chi connectivity index (χ2v) is 9.89. The maximum Gasteiger partial charge on any atom is 0.413 e. The number of carboxylic acids is 1. The number of likely N-dealkylation sites (tertiary alicyclic amines) is 1. The lowest BCUT2D eigenvalue weighted by Crippen LogP contribution is -2.52. The predicted molar refractivity (Wildman–Crippen MR) is 114 cm³/mol. The normalized spacial score (nSPS) is 26.5. The minimum absolute atomic E-state index is 0.225. The number of nitrogens with zero attached hydrogens (tertiary/aromatic N) is 1. The molecule has 31 heavy (non-hydrogen) atoms. The molecule has 2 fully saturated rings. The number of fused-ring (bicyclic) bond motifs is 1. The summed E-state index contributed by atoms with van der Waals surface area (Å²) in [7, 11) is 1.09. The Kier molecular flexibility index (Phi) is 8.38. The minimum Gasteiger partial charge on any atom is -0.480 e. The quantitative estimate of drug-likeness (QED) is 0.216. The van der Waals surface area contributed by atoms with E-state index in [1.54, 1.807) is 39.5 Å². The van der Waals surface area contributed by atoms with Crippen molar-refractivity contribution in [3.8, 4) is 0 Å². The van der Waals surface area contributed by atoms with Gasteiger partial charge in [-0.1, -0.05) is 33.0 Å². The summed E-state index contributed by atoms with van der Waals surface area (Å²) in [6, 6.07) is -0.292. The first-order valence-corrected chi connectivity index (χ1v) is 11.1. The highest BCUT2D eigenvalue weighted by Gasteiger charge is 2.58. The number of ether oxygens (including phenoxy) is 2. The third-order valence-electron chi connectivity index (χ3n) is 6.17. The fourth-order valence-corrected chi connectivity index (χ4v) is 4.33. The zero-order valence-corrected chi connectivity index (χ0v) is 19.2. The zero-order valence-electron chi connectivity index (χ0n) is 19.2. The summed E-state index contributed by atoms with van der Waals surface area (Å²) in [5, 5.41) is 22.0. The van der Waals surface area contributed by atoms with Crippen LogP contribution in [0.1, 0.15) is 60.3 Å². The van der Waals surface area contributed by atoms with Gasteiger partial charge in [0.25, 0.3) is 13.8 Å². The Hall–Kier alpha value is -1.81. The first-order valence-electron chi connectivity index (χ1n) is 11.1. The summed E-state index contributed by atoms with van der Waals surface area (Å²) in [4.78, 5) is 38.9. The smallest absolute Gasteiger partial charge is 0.413 e. The SMILES string of the molecule is CC(C)C(OC(=O)N1CC[C@H]2[C@@H]1CN[C@@]2(CCCC[B]O)C(=O)O)OC(=O)C(C)(C)C. The number of carboxylic acid groups (broad SMARTS) is 1. The number of carbonyl (C=O) groups is 3. The van der Waals surface area contributed by atoms with Gasteiger partial charge in [0.05, 0.1) is 11.5 Å². The average molecular weight is 439 g/mol. The van der Waals surface area contributed by atoms with Gasteiger partial charge in [-0.2, -0.15) is 0 Å². The number of amides is 1. The van der Waals surface area contributed by atoms with Gasteiger partial charge in [-0.25, -0.2) is 4.79 Å². The van der Waals surface area contributed by atoms with Gasteiger partial charge < -0.3 is 24.5 Å². The maximum atomic E-state index is 12.9. The van der Waals surface area contributed by atoms with E-state index < -0.39 is 35.3 Å². The predicted octanol–water partition coefficient (Wildman–Crippen LogP) is 2.01. The maximum absolute atomic E-state index is 12.9. The van der Waals surface area contributed by atoms with E-state index in [-0.39, 0.29) is 17.9 Å². The van der Waals surface area contributed by atoms with E-state index in [9.17, 15) is 19.5 Å². The fourth-order valence-electron chi connectivity index (χ4n) is 4.33. The van der Waals surface area contributed by atoms with Crippen molar-refractivity contribution in [3.63, 3.8) is 0 Å². The number of esters is 1. The van der Waals surface area contributed by atoms with Crippen LogP contribution in [-0.4, -0.2) is 71.5 Å². The molecule has 2 heterocycles. The van der Waals surface area contributed by atoms with Crippen LogP contribution in [0.3, 0.4) is 0 Å². The molecule has 175 valence electrons. The Labute approximate surface area is 185 Å². The molecular formula is C21H36BN2O7. The molecule has 0 spiro atoms. The van der Waals surface area contributed by atoms with Crippen LogP contribution in [0, 0.1) is 17.3 Å². The first kappa shape index (κ1) is 25.5. The zero-order chi connectivity index (χ0) is 23.4. The van der Waals surface area contributed by atoms with Gasteiger partial charge in [-0.15, -0.1) is 0 Å². The molecule has 0 saturated carbocycles. The van der Waals surface area contributed by atoms with Crippen molar-refractivity contribution in [3.05, 3.63) is 0 Å². The van der Waals surface area contributed by atoms with Gasteiger partial charge in [0, 0.05) is 24.9 Å². The molecule has 2 rings (SSSR count). The van der Waals surface area contributed by atoms with Gasteiger partial charge in [0.2, 0.25) is 0 Å². The summed E-state index contributed by atoms with van der Waals surface area (Å²) in [5.41, 5.74) is -1.81. The third kappa shape index (κ3) is 5.71. The minimum atomic E-state index is -1.09. The van der Waals surface area contributed by atoms with Crippen LogP contribution in [0.5, 0.6) is 0 Å². The highest BCUT2D eigenvalue weighted by atomic mass is 16.7. The summed E-state index contributed by atoms with van der Waals surface area (Å²) in [6.07, 6.45) is 1.26. The molecule has 0 bridgehead atoms. The molecular weight excluding hydrogens is 403 g/mol. The van der Waals surface area contributed by atoms with Crippen LogP contribution in [-0.2, 0) is 19.1 Å². The number of hydrogen-bond acceptors (Lipinski definition) is 7. The van der Waals surface area contributed by atoms with E-state index in [2.05, 4.69) is 5.32 Å². The second kappa shape index (κ2) is 10.2. The van der Waals surface area contributed by atoms with Crippen molar-refractivity contribution in [1.82, 2.24) is 10.2 Å². The Morgan fingerprint density at radius 1 is 1.23 bits per heavy atom. The lowest BCUT2D eigenvalue weighted by atomic mass is 9.78. The van der Waals surface area contributed by atoms with E-state index in [4.69, 9.17) is 14.5 Å². The molecule has 10 heteroatoms. The molecule has 0 aromatic heterocycles. The van der Waals surface area contributed by atoms with Crippen molar-refractivity contribution in [2.24, 2.45) is 17.3 Å². The summed E-state index contributed by atoms with van der Waals surface area (Å²) < 4.78 is 11.0. The highest BCUT2D eigenvalue weighted by molar-refractivity contribution is 6.25. The van der Waals surface area contributed by atoms with Gasteiger partial charge in [-0.3, -0.25) is 14.9 Å². The number of hydrogen-bond donors (Lipinski definition) is 3. The Balaban J connectivity index is 2.06. The average Bonchev–Trinajstić information content (AvgIpc) is 3.25. The Morgan fingerprint density at radius 3 is 2.45 bits per heavy atom. The number of rotatable bonds is 9. The van der Waals surface area contributed by atoms with E-state index in [0.717, 1.165) is 7.48 Å². The van der Waals surface area contributed by atoms with E-state index >= 15 is 0 Å². The van der Waals surface area contributed by atoms with E-state index in [1.165, 1.54) is 0 Å². The number of aliphatic carboxylic acids is 1. The van der Waals surface area contributed by atoms with Gasteiger partial charge in [-0.05, 0) is 33.6 Å². The van der Waals surface area contributed by atoms with E-state index in [1.807, 2.05) is 0 Å². The highest BCUT2D eigenvalue weighted by Crippen LogP contribution is 2.41. The largest absolute Gasteiger partial charge is 0.480 e. The Bertz CT molecular complexity index is 667. The first-order chi connectivity index (χ1) is 14.4. The molecule has 1 unspecified atom stereocenters. The molecule has 2 aliphatic heterocycles. The lowest BCUT2D eigenvalue weighted by molar-refractivity contribution is -0.185. The molecule has 3 N–H and O–H groups in total. The van der Waals surface area contributed by atoms with Crippen molar-refractivity contribution in [1.29, 1.82) is 0 Å². The molecule has 2 saturated heterocycles. The summed E-state index contributed by atoms with van der Waals surface area (Å²) >= 11 is 0. The van der Waals surface area contributed by atoms with Crippen LogP contribution in [0.2, 0.25) is 6.32 Å². The molecule has 1 amide bonds. The summed E-state index contributed by atoms with van der Waals surface area (Å²) in [5.74, 6) is -1.82. The second-order valence-electron chi connectivity index (χ2n) is 9.89. The molecule has 0 aliphatic carbocycles. The lowest BCUT2D eigenvalue weighted by Gasteiger charge is -2.31. The number of unbranched alkanes of at least 4 members (excludes halogenated alkanes) is 1. The van der Waals surface area contributed by atoms with E-state index in [0.29, 0.717) is 45.1 Å². The van der Waals surface area contributed by atoms with Crippen LogP contribution in [0.4, 0.5) is 4.79 Å². The van der Waals surface area contributed by atoms with Crippen molar-refractivity contribution >= 4 is 25.5 Å². The van der Waals surface area contributed by atoms with Crippen molar-refractivity contribution in [2.75, 3.05) is 13.1 Å². The standard InChI is InChI=1S/C21H36BN2O7/c1-13(2)16(30-18(27)20(3,4)5)31-19(28)24-11-8-14-15(24)12-23-21(14,17(25)26)9-6-7-10-22-29/h13-16,23,29H,6-12H2,1-5H3,(H,25,26)/t14-,15-,16?,21+/m0/s1.